The van der Waals surface area contributed by atoms with Gasteiger partial charge in [-0.2, -0.15) is 18.4 Å². The van der Waals surface area contributed by atoms with Crippen molar-refractivity contribution in [3.8, 4) is 28.1 Å². The molecular formula is C23H23F3N4O3S. The number of unbranched alkanes of at least 4 members (excludes halogenated alkanes) is 1. The number of aliphatic hydroxyl groups excluding tert-OH is 1. The average molecular weight is 493 g/mol. The van der Waals surface area contributed by atoms with Crippen molar-refractivity contribution in [2.24, 2.45) is 5.73 Å². The quantitative estimate of drug-likeness (QED) is 0.401. The molecule has 0 bridgehead atoms. The Morgan fingerprint density at radius 3 is 2.35 bits per heavy atom. The van der Waals surface area contributed by atoms with Crippen molar-refractivity contribution in [2.75, 3.05) is 19.8 Å². The molecule has 2 aromatic carbocycles. The molecule has 0 aliphatic carbocycles. The van der Waals surface area contributed by atoms with Gasteiger partial charge in [0.05, 0.1) is 42.6 Å². The summed E-state index contributed by atoms with van der Waals surface area (Å²) in [4.78, 5) is 0. The van der Waals surface area contributed by atoms with Gasteiger partial charge >= 0.3 is 6.18 Å². The molecule has 0 saturated heterocycles. The van der Waals surface area contributed by atoms with Crippen LogP contribution >= 0.6 is 11.3 Å². The number of ether oxygens (including phenoxy) is 2. The largest absolute Gasteiger partial charge is 0.494 e. The molecule has 0 fully saturated rings. The summed E-state index contributed by atoms with van der Waals surface area (Å²) in [5.41, 5.74) is 4.64. The van der Waals surface area contributed by atoms with Crippen molar-refractivity contribution >= 4 is 11.3 Å². The van der Waals surface area contributed by atoms with Gasteiger partial charge in [0.2, 0.25) is 0 Å². The number of hydrogen-bond donors (Lipinski definition) is 2. The van der Waals surface area contributed by atoms with Crippen LogP contribution in [0.5, 0.6) is 11.5 Å². The highest BCUT2D eigenvalue weighted by Gasteiger charge is 2.35. The zero-order chi connectivity index (χ0) is 24.8. The van der Waals surface area contributed by atoms with E-state index >= 15 is 0 Å². The maximum Gasteiger partial charge on any atom is 0.419 e. The molecule has 3 N–H and O–H groups in total. The summed E-state index contributed by atoms with van der Waals surface area (Å²) < 4.78 is 51.9. The second kappa shape index (κ2) is 10.8. The number of aliphatic hydroxyl groups is 1. The number of aromatic nitrogens is 2. The molecule has 1 atom stereocenters. The number of rotatable bonds is 10. The highest BCUT2D eigenvalue weighted by atomic mass is 32.1. The minimum atomic E-state index is -4.62. The molecule has 0 unspecified atom stereocenters. The van der Waals surface area contributed by atoms with Crippen LogP contribution in [0, 0.1) is 11.3 Å². The molecule has 7 nitrogen and oxygen atoms in total. The van der Waals surface area contributed by atoms with Crippen LogP contribution in [0.25, 0.3) is 10.6 Å². The predicted octanol–water partition coefficient (Wildman–Crippen LogP) is 4.50. The third-order valence-electron chi connectivity index (χ3n) is 4.82. The second-order valence-electron chi connectivity index (χ2n) is 7.74. The van der Waals surface area contributed by atoms with Gasteiger partial charge in [0.1, 0.15) is 21.5 Å². The second-order valence-corrected chi connectivity index (χ2v) is 8.71. The van der Waals surface area contributed by atoms with Crippen molar-refractivity contribution in [1.82, 2.24) is 10.2 Å². The van der Waals surface area contributed by atoms with E-state index in [-0.39, 0.29) is 29.5 Å². The molecule has 1 heterocycles. The summed E-state index contributed by atoms with van der Waals surface area (Å²) in [6.45, 7) is 1.64. The fraction of sp³-hybridized carbons (Fsp3) is 0.348. The van der Waals surface area contributed by atoms with Crippen LogP contribution < -0.4 is 15.2 Å². The van der Waals surface area contributed by atoms with E-state index in [1.165, 1.54) is 12.1 Å². The van der Waals surface area contributed by atoms with Gasteiger partial charge in [0.15, 0.2) is 0 Å². The fourth-order valence-electron chi connectivity index (χ4n) is 2.85. The average Bonchev–Trinajstić information content (AvgIpc) is 3.32. The molecule has 34 heavy (non-hydrogen) atoms. The molecule has 0 radical (unpaired) electrons. The van der Waals surface area contributed by atoms with Crippen molar-refractivity contribution in [2.45, 2.75) is 31.5 Å². The van der Waals surface area contributed by atoms with Crippen molar-refractivity contribution in [3.63, 3.8) is 0 Å². The summed E-state index contributed by atoms with van der Waals surface area (Å²) >= 11 is 1.02. The number of hydrogen-bond acceptors (Lipinski definition) is 8. The van der Waals surface area contributed by atoms with Gasteiger partial charge in [-0.25, -0.2) is 0 Å². The smallest absolute Gasteiger partial charge is 0.419 e. The number of alkyl halides is 3. The van der Waals surface area contributed by atoms with Gasteiger partial charge in [-0.1, -0.05) is 11.3 Å². The first-order valence-corrected chi connectivity index (χ1v) is 11.2. The molecule has 0 aliphatic rings. The van der Waals surface area contributed by atoms with E-state index in [0.717, 1.165) is 17.4 Å². The van der Waals surface area contributed by atoms with Gasteiger partial charge in [0, 0.05) is 5.56 Å². The Morgan fingerprint density at radius 1 is 1.06 bits per heavy atom. The van der Waals surface area contributed by atoms with Crippen molar-refractivity contribution in [1.29, 1.82) is 5.26 Å². The fourth-order valence-corrected chi connectivity index (χ4v) is 3.74. The van der Waals surface area contributed by atoms with E-state index in [1.807, 2.05) is 6.07 Å². The molecule has 0 aliphatic heterocycles. The minimum absolute atomic E-state index is 0.0874. The Labute approximate surface area is 198 Å². The van der Waals surface area contributed by atoms with E-state index in [1.54, 1.807) is 31.2 Å². The SMILES string of the molecule is C[C@](N)(CO)c1nnc(-c2ccc(OCCCCOc3ccc(C#N)cc3)c(C(F)(F)F)c2)s1. The van der Waals surface area contributed by atoms with Crippen LogP contribution in [-0.2, 0) is 11.7 Å². The molecule has 3 rings (SSSR count). The van der Waals surface area contributed by atoms with Gasteiger partial charge < -0.3 is 20.3 Å². The van der Waals surface area contributed by atoms with E-state index in [9.17, 15) is 18.3 Å². The third-order valence-corrected chi connectivity index (χ3v) is 6.07. The summed E-state index contributed by atoms with van der Waals surface area (Å²) in [7, 11) is 0. The topological polar surface area (TPSA) is 114 Å². The number of nitrogens with two attached hydrogens (primary N) is 1. The number of nitriles is 1. The Hall–Kier alpha value is -3.20. The summed E-state index contributed by atoms with van der Waals surface area (Å²) in [6, 6.07) is 12.4. The number of halogens is 3. The molecule has 0 amide bonds. The van der Waals surface area contributed by atoms with Crippen LogP contribution in [0.2, 0.25) is 0 Å². The minimum Gasteiger partial charge on any atom is -0.494 e. The summed E-state index contributed by atoms with van der Waals surface area (Å²) in [6.07, 6.45) is -3.55. The highest BCUT2D eigenvalue weighted by molar-refractivity contribution is 7.14. The van der Waals surface area contributed by atoms with Crippen LogP contribution in [0.3, 0.4) is 0 Å². The molecule has 0 saturated carbocycles. The van der Waals surface area contributed by atoms with Crippen LogP contribution in [0.15, 0.2) is 42.5 Å². The van der Waals surface area contributed by atoms with Crippen molar-refractivity contribution < 1.29 is 27.8 Å². The molecule has 3 aromatic rings. The first kappa shape index (κ1) is 25.4. The Morgan fingerprint density at radius 2 is 1.74 bits per heavy atom. The number of benzene rings is 2. The zero-order valence-corrected chi connectivity index (χ0v) is 19.1. The first-order chi connectivity index (χ1) is 16.1. The summed E-state index contributed by atoms with van der Waals surface area (Å²) in [5, 5.41) is 26.6. The van der Waals surface area contributed by atoms with Gasteiger partial charge in [-0.15, -0.1) is 10.2 Å². The molecule has 1 aromatic heterocycles. The van der Waals surface area contributed by atoms with Gasteiger partial charge in [0.25, 0.3) is 0 Å². The normalized spacial score (nSPS) is 13.2. The first-order valence-electron chi connectivity index (χ1n) is 10.3. The lowest BCUT2D eigenvalue weighted by Crippen LogP contribution is -2.36. The van der Waals surface area contributed by atoms with Gasteiger partial charge in [-0.3, -0.25) is 0 Å². The Kier molecular flexibility index (Phi) is 8.09. The van der Waals surface area contributed by atoms with Gasteiger partial charge in [-0.05, 0) is 62.2 Å². The third kappa shape index (κ3) is 6.44. The van der Waals surface area contributed by atoms with Crippen LogP contribution in [0.4, 0.5) is 13.2 Å². The van der Waals surface area contributed by atoms with Crippen molar-refractivity contribution in [3.05, 3.63) is 58.6 Å². The Balaban J connectivity index is 1.59. The molecule has 0 spiro atoms. The molecule has 11 heteroatoms. The standard InChI is InChI=1S/C23H23F3N4O3S/c1-22(28,14-31)21-30-29-20(34-21)16-6-9-19(18(12-16)23(24,25)26)33-11-3-2-10-32-17-7-4-15(13-27)5-8-17/h4-9,12,31H,2-3,10-11,14,28H2,1H3/t22-/m0/s1. The molecule has 180 valence electrons. The Bertz CT molecular complexity index is 1140. The van der Waals surface area contributed by atoms with E-state index < -0.39 is 17.3 Å². The highest BCUT2D eigenvalue weighted by Crippen LogP contribution is 2.39. The number of nitrogens with zero attached hydrogens (tertiary/aromatic N) is 3. The predicted molar refractivity (Wildman–Crippen MR) is 120 cm³/mol. The van der Waals surface area contributed by atoms with Crippen LogP contribution in [-0.4, -0.2) is 35.1 Å². The zero-order valence-electron chi connectivity index (χ0n) is 18.3. The van der Waals surface area contributed by atoms with E-state index in [4.69, 9.17) is 20.5 Å². The maximum atomic E-state index is 13.7. The lowest BCUT2D eigenvalue weighted by molar-refractivity contribution is -0.138. The lowest BCUT2D eigenvalue weighted by atomic mass is 10.1. The van der Waals surface area contributed by atoms with E-state index in [2.05, 4.69) is 10.2 Å². The van der Waals surface area contributed by atoms with E-state index in [0.29, 0.717) is 35.8 Å². The monoisotopic (exact) mass is 492 g/mol. The summed E-state index contributed by atoms with van der Waals surface area (Å²) in [5.74, 6) is 0.344. The van der Waals surface area contributed by atoms with Crippen LogP contribution in [0.1, 0.15) is 35.9 Å². The lowest BCUT2D eigenvalue weighted by Gasteiger charge is -2.17. The molecular weight excluding hydrogens is 469 g/mol. The maximum absolute atomic E-state index is 13.7.